The number of guanidine groups is 1. The van der Waals surface area contributed by atoms with E-state index in [1.807, 2.05) is 49.5 Å². The zero-order valence-electron chi connectivity index (χ0n) is 27.1. The van der Waals surface area contributed by atoms with Gasteiger partial charge in [-0.3, -0.25) is 14.5 Å². The van der Waals surface area contributed by atoms with Crippen LogP contribution in [0, 0.1) is 5.82 Å². The van der Waals surface area contributed by atoms with Gasteiger partial charge in [0.25, 0.3) is 0 Å². The van der Waals surface area contributed by atoms with Crippen molar-refractivity contribution in [2.24, 2.45) is 16.5 Å². The number of benzene rings is 2. The number of hydrogen-bond acceptors (Lipinski definition) is 7. The largest absolute Gasteiger partial charge is 0.382 e. The average Bonchev–Trinajstić information content (AvgIpc) is 3.49. The zero-order chi connectivity index (χ0) is 34.0. The zero-order valence-corrected chi connectivity index (χ0v) is 27.9. The molecule has 1 unspecified atom stereocenters. The lowest BCUT2D eigenvalue weighted by atomic mass is 10.0. The molecule has 0 spiro atoms. The van der Waals surface area contributed by atoms with Gasteiger partial charge in [0.15, 0.2) is 11.8 Å². The third kappa shape index (κ3) is 9.18. The second-order valence-corrected chi connectivity index (χ2v) is 12.3. The summed E-state index contributed by atoms with van der Waals surface area (Å²) in [5.74, 6) is -0.448. The van der Waals surface area contributed by atoms with E-state index in [4.69, 9.17) is 23.1 Å². The van der Waals surface area contributed by atoms with Gasteiger partial charge in [-0.1, -0.05) is 23.7 Å². The van der Waals surface area contributed by atoms with Crippen LogP contribution < -0.4 is 33.1 Å². The van der Waals surface area contributed by atoms with E-state index >= 15 is 4.39 Å². The van der Waals surface area contributed by atoms with Gasteiger partial charge in [0.05, 0.1) is 22.1 Å². The number of pyridine rings is 1. The van der Waals surface area contributed by atoms with Crippen molar-refractivity contribution < 1.29 is 4.39 Å². The lowest BCUT2D eigenvalue weighted by molar-refractivity contribution is 0.503. The molecule has 0 fully saturated rings. The van der Waals surface area contributed by atoms with Crippen molar-refractivity contribution in [3.05, 3.63) is 106 Å². The number of hydrogen-bond donors (Lipinski definition) is 6. The summed E-state index contributed by atoms with van der Waals surface area (Å²) in [5.41, 5.74) is 15.4. The molecule has 8 N–H and O–H groups in total. The molecule has 5 aromatic rings. The molecular formula is C35H42ClFN10O. The predicted molar refractivity (Wildman–Crippen MR) is 192 cm³/mol. The number of aryl methyl sites for hydroxylation is 1. The molecule has 0 saturated heterocycles. The number of nitrogens with two attached hydrogens (primary N) is 2. The molecule has 5 rings (SSSR count). The Labute approximate surface area is 284 Å². The first-order valence-corrected chi connectivity index (χ1v) is 16.4. The molecule has 2 atom stereocenters. The van der Waals surface area contributed by atoms with Crippen LogP contribution in [-0.2, 0) is 13.0 Å². The van der Waals surface area contributed by atoms with Crippen molar-refractivity contribution in [2.75, 3.05) is 25.5 Å². The SMILES string of the molecule is CNC(C)CCCc1cc(Cl)c(F)c(-c2cc3cn(-c4ccc(CN[C@H](CCN=C(N)N)CNc5cccnc5)cc4)c(=O)nc3[nH]2)c1. The Morgan fingerprint density at radius 2 is 1.94 bits per heavy atom. The number of aliphatic imine (C=N–C) groups is 1. The molecule has 0 aliphatic heterocycles. The summed E-state index contributed by atoms with van der Waals surface area (Å²) in [5, 5.41) is 10.9. The summed E-state index contributed by atoms with van der Waals surface area (Å²) in [6.45, 7) is 3.87. The normalized spacial score (nSPS) is 12.6. The quantitative estimate of drug-likeness (QED) is 0.0647. The second-order valence-electron chi connectivity index (χ2n) is 11.9. The monoisotopic (exact) mass is 672 g/mol. The molecule has 0 saturated carbocycles. The molecule has 0 amide bonds. The summed E-state index contributed by atoms with van der Waals surface area (Å²) in [7, 11) is 1.94. The fraction of sp³-hybridized carbons (Fsp3) is 0.314. The molecule has 11 nitrogen and oxygen atoms in total. The van der Waals surface area contributed by atoms with Gasteiger partial charge in [-0.05, 0) is 93.2 Å². The van der Waals surface area contributed by atoms with E-state index in [0.717, 1.165) is 42.5 Å². The van der Waals surface area contributed by atoms with E-state index < -0.39 is 11.5 Å². The number of rotatable bonds is 16. The van der Waals surface area contributed by atoms with Gasteiger partial charge in [-0.2, -0.15) is 4.98 Å². The number of nitrogens with zero attached hydrogens (tertiary/aromatic N) is 4. The van der Waals surface area contributed by atoms with Crippen molar-refractivity contribution in [3.8, 4) is 16.9 Å². The van der Waals surface area contributed by atoms with Crippen LogP contribution in [0.25, 0.3) is 28.0 Å². The smallest absolute Gasteiger partial charge is 0.354 e. The van der Waals surface area contributed by atoms with Crippen molar-refractivity contribution in [1.29, 1.82) is 0 Å². The maximum Gasteiger partial charge on any atom is 0.354 e. The number of H-pyrrole nitrogens is 1. The van der Waals surface area contributed by atoms with E-state index in [9.17, 15) is 4.79 Å². The van der Waals surface area contributed by atoms with Gasteiger partial charge >= 0.3 is 5.69 Å². The molecule has 0 aliphatic carbocycles. The highest BCUT2D eigenvalue weighted by atomic mass is 35.5. The molecule has 2 aromatic carbocycles. The summed E-state index contributed by atoms with van der Waals surface area (Å²) in [4.78, 5) is 28.7. The fourth-order valence-corrected chi connectivity index (χ4v) is 5.68. The van der Waals surface area contributed by atoms with Crippen molar-refractivity contribution in [1.82, 2.24) is 30.2 Å². The first-order chi connectivity index (χ1) is 23.2. The van der Waals surface area contributed by atoms with Gasteiger partial charge < -0.3 is 32.4 Å². The second kappa shape index (κ2) is 16.4. The molecule has 13 heteroatoms. The van der Waals surface area contributed by atoms with E-state index in [0.29, 0.717) is 53.7 Å². The highest BCUT2D eigenvalue weighted by Gasteiger charge is 2.16. The average molecular weight is 673 g/mol. The minimum absolute atomic E-state index is 0.0646. The minimum atomic E-state index is -0.513. The van der Waals surface area contributed by atoms with Crippen molar-refractivity contribution in [2.45, 2.75) is 51.2 Å². The van der Waals surface area contributed by atoms with Crippen LogP contribution in [-0.4, -0.2) is 57.7 Å². The number of aromatic nitrogens is 4. The lowest BCUT2D eigenvalue weighted by Crippen LogP contribution is -2.36. The Morgan fingerprint density at radius 3 is 2.67 bits per heavy atom. The molecule has 0 aliphatic rings. The highest BCUT2D eigenvalue weighted by Crippen LogP contribution is 2.31. The van der Waals surface area contributed by atoms with Crippen LogP contribution in [0.15, 0.2) is 83.0 Å². The fourth-order valence-electron chi connectivity index (χ4n) is 5.44. The van der Waals surface area contributed by atoms with Crippen LogP contribution >= 0.6 is 11.6 Å². The molecule has 48 heavy (non-hydrogen) atoms. The summed E-state index contributed by atoms with van der Waals surface area (Å²) < 4.78 is 16.7. The first kappa shape index (κ1) is 34.6. The van der Waals surface area contributed by atoms with Gasteiger partial charge in [0.1, 0.15) is 5.65 Å². The third-order valence-electron chi connectivity index (χ3n) is 8.28. The lowest BCUT2D eigenvalue weighted by Gasteiger charge is -2.19. The van der Waals surface area contributed by atoms with Gasteiger partial charge in [0, 0.05) is 61.3 Å². The topological polar surface area (TPSA) is 164 Å². The standard InChI is InChI=1S/C35H42ClFN10O/c1-22(40-2)5-3-6-24-15-29(32(37)30(36)16-24)31-17-25-21-47(35(48)46-33(25)45-31)28-10-8-23(9-11-28)18-43-27(12-14-42-34(38)39)20-44-26-7-4-13-41-19-26/h4,7-11,13,15-17,19,21-22,27,40,43-44H,3,5-6,12,14,18,20H2,1-2H3,(H4,38,39,42)(H,45,46,48)/t22?,27-/m1/s1. The maximum absolute atomic E-state index is 15.2. The number of nitrogens with one attached hydrogen (secondary N) is 4. The van der Waals surface area contributed by atoms with Gasteiger partial charge in [-0.15, -0.1) is 0 Å². The van der Waals surface area contributed by atoms with Crippen LogP contribution in [0.1, 0.15) is 37.3 Å². The van der Waals surface area contributed by atoms with E-state index in [2.05, 4.69) is 42.8 Å². The van der Waals surface area contributed by atoms with E-state index in [-0.39, 0.29) is 17.0 Å². The van der Waals surface area contributed by atoms with Gasteiger partial charge in [0.2, 0.25) is 0 Å². The Hall–Kier alpha value is -4.78. The number of anilines is 1. The van der Waals surface area contributed by atoms with Gasteiger partial charge in [-0.25, -0.2) is 9.18 Å². The van der Waals surface area contributed by atoms with E-state index in [1.54, 1.807) is 30.7 Å². The Bertz CT molecular complexity index is 1890. The molecule has 0 radical (unpaired) electrons. The number of halogens is 2. The molecule has 252 valence electrons. The van der Waals surface area contributed by atoms with Crippen LogP contribution in [0.3, 0.4) is 0 Å². The molecule has 3 aromatic heterocycles. The number of fused-ring (bicyclic) bond motifs is 1. The minimum Gasteiger partial charge on any atom is -0.382 e. The first-order valence-electron chi connectivity index (χ1n) is 16.0. The van der Waals surface area contributed by atoms with E-state index in [1.165, 1.54) is 4.57 Å². The third-order valence-corrected chi connectivity index (χ3v) is 8.55. The molecule has 3 heterocycles. The summed E-state index contributed by atoms with van der Waals surface area (Å²) in [6.07, 6.45) is 8.64. The maximum atomic E-state index is 15.2. The van der Waals surface area contributed by atoms with Crippen molar-refractivity contribution >= 4 is 34.3 Å². The van der Waals surface area contributed by atoms with Crippen LogP contribution in [0.5, 0.6) is 0 Å². The van der Waals surface area contributed by atoms with Crippen molar-refractivity contribution in [3.63, 3.8) is 0 Å². The summed E-state index contributed by atoms with van der Waals surface area (Å²) in [6, 6.07) is 17.3. The molecular weight excluding hydrogens is 631 g/mol. The Morgan fingerprint density at radius 1 is 1.12 bits per heavy atom. The molecule has 0 bridgehead atoms. The Balaban J connectivity index is 1.29. The highest BCUT2D eigenvalue weighted by molar-refractivity contribution is 6.31. The summed E-state index contributed by atoms with van der Waals surface area (Å²) >= 11 is 6.30. The van der Waals surface area contributed by atoms with Crippen LogP contribution in [0.4, 0.5) is 10.1 Å². The Kier molecular flexibility index (Phi) is 11.8. The van der Waals surface area contributed by atoms with Crippen LogP contribution in [0.2, 0.25) is 5.02 Å². The number of aromatic amines is 1. The predicted octanol–water partition coefficient (Wildman–Crippen LogP) is 4.73.